The number of hydrogen-bond donors (Lipinski definition) is 3. The highest BCUT2D eigenvalue weighted by molar-refractivity contribution is 5.74. The van der Waals surface area contributed by atoms with Gasteiger partial charge in [-0.1, -0.05) is 34.6 Å². The molecule has 2 spiro atoms. The average Bonchev–Trinajstić information content (AvgIpc) is 3.52. The molecule has 7 heteroatoms. The Labute approximate surface area is 259 Å². The maximum Gasteiger partial charge on any atom is 0.311 e. The summed E-state index contributed by atoms with van der Waals surface area (Å²) in [7, 11) is 0. The summed E-state index contributed by atoms with van der Waals surface area (Å²) in [5.41, 5.74) is -0.711. The first-order valence-corrected chi connectivity index (χ1v) is 17.7. The summed E-state index contributed by atoms with van der Waals surface area (Å²) in [5, 5.41) is 26.7. The number of carbonyl (C=O) groups excluding carboxylic acids is 1. The van der Waals surface area contributed by atoms with Crippen LogP contribution in [-0.2, 0) is 19.0 Å². The second kappa shape index (κ2) is 9.65. The molecule has 43 heavy (non-hydrogen) atoms. The molecule has 0 aromatic heterocycles. The Bertz CT molecular complexity index is 1130. The number of hydrogen-bond acceptors (Lipinski definition) is 7. The number of fused-ring (bicyclic) bond motifs is 4. The van der Waals surface area contributed by atoms with Crippen LogP contribution in [0, 0.1) is 56.7 Å². The predicted molar refractivity (Wildman–Crippen MR) is 164 cm³/mol. The molecular formula is C36H59NO6. The van der Waals surface area contributed by atoms with Crippen molar-refractivity contribution in [3.8, 4) is 0 Å². The molecule has 2 aliphatic heterocycles. The van der Waals surface area contributed by atoms with Crippen molar-refractivity contribution >= 4 is 5.97 Å². The van der Waals surface area contributed by atoms with Crippen molar-refractivity contribution < 1.29 is 29.2 Å². The van der Waals surface area contributed by atoms with E-state index in [0.29, 0.717) is 35.7 Å². The minimum atomic E-state index is -1.02. The van der Waals surface area contributed by atoms with Crippen LogP contribution >= 0.6 is 0 Å². The number of esters is 1. The molecule has 5 aliphatic carbocycles. The van der Waals surface area contributed by atoms with E-state index in [0.717, 1.165) is 51.6 Å². The van der Waals surface area contributed by atoms with Crippen LogP contribution in [0.1, 0.15) is 107 Å². The van der Waals surface area contributed by atoms with E-state index < -0.39 is 17.8 Å². The van der Waals surface area contributed by atoms with E-state index >= 15 is 0 Å². The number of carbonyl (C=O) groups is 1. The van der Waals surface area contributed by atoms with Crippen molar-refractivity contribution in [1.29, 1.82) is 0 Å². The fraction of sp³-hybridized carbons (Fsp3) is 0.972. The molecule has 13 atom stereocenters. The second-order valence-electron chi connectivity index (χ2n) is 17.9. The maximum atomic E-state index is 12.9. The number of aliphatic hydroxyl groups excluding tert-OH is 1. The van der Waals surface area contributed by atoms with Gasteiger partial charge in [0.05, 0.1) is 29.8 Å². The SMILES string of the molecule is CCO[C@@H]([C@H]1C[C@@H](C)[C@H]2[C@H](O1)[C@H](O)[C@@]1(C)[C@@H]3CC[C@H]4C(C)(C)[C@@H](OC(=O)C5CNC5)CCC45C[C@@]35CC[C@]21C)C(C)(C)O. The Hall–Kier alpha value is -0.730. The standard InChI is InChI=1S/C36H59NO6/c1-9-41-29(32(5,6)40)22-16-20(2)26-27(42-22)28(38)34(8)24-11-10-23-31(3,4)25(43-30(39)21-17-37-18-21)12-13-35(23)19-36(24,35)15-14-33(26,34)7/h20-29,37-38,40H,9-19H2,1-8H3/t20-,22-,23+,24+,25+,26+,27+,28+,29+,33-,34-,35?,36+/m1/s1. The molecule has 1 unspecified atom stereocenters. The normalized spacial score (nSPS) is 52.4. The summed E-state index contributed by atoms with van der Waals surface area (Å²) in [4.78, 5) is 12.9. The molecule has 0 radical (unpaired) electrons. The fourth-order valence-corrected chi connectivity index (χ4v) is 13.4. The zero-order chi connectivity index (χ0) is 31.0. The lowest BCUT2D eigenvalue weighted by Gasteiger charge is -2.63. The Balaban J connectivity index is 1.16. The van der Waals surface area contributed by atoms with Crippen molar-refractivity contribution in [3.05, 3.63) is 0 Å². The smallest absolute Gasteiger partial charge is 0.311 e. The summed E-state index contributed by atoms with van der Waals surface area (Å²) < 4.78 is 19.3. The molecule has 7 rings (SSSR count). The first-order chi connectivity index (χ1) is 20.1. The van der Waals surface area contributed by atoms with E-state index in [1.807, 2.05) is 20.8 Å². The fourth-order valence-electron chi connectivity index (χ4n) is 13.4. The van der Waals surface area contributed by atoms with Crippen LogP contribution in [0.2, 0.25) is 0 Å². The van der Waals surface area contributed by atoms with E-state index in [-0.39, 0.29) is 51.9 Å². The third-order valence-corrected chi connectivity index (χ3v) is 15.5. The van der Waals surface area contributed by atoms with Crippen LogP contribution < -0.4 is 5.32 Å². The van der Waals surface area contributed by atoms with Crippen LogP contribution in [0.15, 0.2) is 0 Å². The third-order valence-electron chi connectivity index (χ3n) is 15.5. The molecule has 2 saturated heterocycles. The van der Waals surface area contributed by atoms with Gasteiger partial charge in [-0.05, 0) is 112 Å². The maximum absolute atomic E-state index is 12.9. The van der Waals surface area contributed by atoms with Crippen LogP contribution in [0.5, 0.6) is 0 Å². The molecule has 5 saturated carbocycles. The lowest BCUT2D eigenvalue weighted by Crippen LogP contribution is -2.60. The van der Waals surface area contributed by atoms with Gasteiger partial charge in [-0.3, -0.25) is 4.79 Å². The van der Waals surface area contributed by atoms with E-state index in [2.05, 4.69) is 39.9 Å². The zero-order valence-corrected chi connectivity index (χ0v) is 28.1. The monoisotopic (exact) mass is 601 g/mol. The Morgan fingerprint density at radius 3 is 2.35 bits per heavy atom. The largest absolute Gasteiger partial charge is 0.462 e. The van der Waals surface area contributed by atoms with Gasteiger partial charge in [0, 0.05) is 30.5 Å². The van der Waals surface area contributed by atoms with Crippen LogP contribution in [0.25, 0.3) is 0 Å². The van der Waals surface area contributed by atoms with Gasteiger partial charge < -0.3 is 29.7 Å². The summed E-state index contributed by atoms with van der Waals surface area (Å²) in [6, 6.07) is 0. The molecule has 7 fully saturated rings. The van der Waals surface area contributed by atoms with Crippen molar-refractivity contribution in [2.75, 3.05) is 19.7 Å². The lowest BCUT2D eigenvalue weighted by atomic mass is 9.41. The Kier molecular flexibility index (Phi) is 6.94. The number of aliphatic hydroxyl groups is 2. The van der Waals surface area contributed by atoms with Gasteiger partial charge in [-0.25, -0.2) is 0 Å². The molecular weight excluding hydrogens is 542 g/mol. The first-order valence-electron chi connectivity index (χ1n) is 17.7. The van der Waals surface area contributed by atoms with Gasteiger partial charge >= 0.3 is 5.97 Å². The summed E-state index contributed by atoms with van der Waals surface area (Å²) in [6.07, 6.45) is 7.46. The second-order valence-corrected chi connectivity index (χ2v) is 17.9. The van der Waals surface area contributed by atoms with Crippen LogP contribution in [0.4, 0.5) is 0 Å². The Morgan fingerprint density at radius 2 is 1.72 bits per heavy atom. The van der Waals surface area contributed by atoms with Crippen molar-refractivity contribution in [1.82, 2.24) is 5.32 Å². The van der Waals surface area contributed by atoms with Crippen LogP contribution in [0.3, 0.4) is 0 Å². The quantitative estimate of drug-likeness (QED) is 0.364. The average molecular weight is 602 g/mol. The summed E-state index contributed by atoms with van der Waals surface area (Å²) in [6.45, 7) is 19.7. The molecule has 0 amide bonds. The van der Waals surface area contributed by atoms with Gasteiger partial charge in [0.2, 0.25) is 0 Å². The van der Waals surface area contributed by atoms with Crippen molar-refractivity contribution in [2.45, 2.75) is 143 Å². The highest BCUT2D eigenvalue weighted by Crippen LogP contribution is 2.89. The van der Waals surface area contributed by atoms with Crippen molar-refractivity contribution in [2.24, 2.45) is 56.7 Å². The van der Waals surface area contributed by atoms with E-state index in [1.54, 1.807) is 0 Å². The number of rotatable bonds is 6. The molecule has 7 aliphatic rings. The molecule has 7 nitrogen and oxygen atoms in total. The van der Waals surface area contributed by atoms with Gasteiger partial charge in [-0.2, -0.15) is 0 Å². The van der Waals surface area contributed by atoms with E-state index in [4.69, 9.17) is 14.2 Å². The highest BCUT2D eigenvalue weighted by Gasteiger charge is 2.84. The van der Waals surface area contributed by atoms with Gasteiger partial charge in [0.15, 0.2) is 0 Å². The summed E-state index contributed by atoms with van der Waals surface area (Å²) >= 11 is 0. The highest BCUT2D eigenvalue weighted by atomic mass is 16.6. The molecule has 0 aromatic carbocycles. The molecule has 3 N–H and O–H groups in total. The Morgan fingerprint density at radius 1 is 1.05 bits per heavy atom. The van der Waals surface area contributed by atoms with Crippen molar-refractivity contribution in [3.63, 3.8) is 0 Å². The van der Waals surface area contributed by atoms with Gasteiger partial charge in [-0.15, -0.1) is 0 Å². The molecule has 244 valence electrons. The van der Waals surface area contributed by atoms with E-state index in [1.165, 1.54) is 12.8 Å². The first kappa shape index (κ1) is 30.9. The summed E-state index contributed by atoms with van der Waals surface area (Å²) in [5.74, 6) is 1.71. The molecule has 2 heterocycles. The van der Waals surface area contributed by atoms with Crippen LogP contribution in [-0.4, -0.2) is 72.0 Å². The lowest BCUT2D eigenvalue weighted by molar-refractivity contribution is -0.215. The molecule has 0 bridgehead atoms. The zero-order valence-electron chi connectivity index (χ0n) is 28.1. The minimum absolute atomic E-state index is 0.00288. The minimum Gasteiger partial charge on any atom is -0.462 e. The molecule has 0 aromatic rings. The van der Waals surface area contributed by atoms with Gasteiger partial charge in [0.1, 0.15) is 12.2 Å². The van der Waals surface area contributed by atoms with E-state index in [9.17, 15) is 15.0 Å². The van der Waals surface area contributed by atoms with Gasteiger partial charge in [0.25, 0.3) is 0 Å². The number of nitrogens with one attached hydrogen (secondary N) is 1. The topological polar surface area (TPSA) is 97.3 Å². The number of ether oxygens (including phenoxy) is 3. The predicted octanol–water partition coefficient (Wildman–Crippen LogP) is 5.11. The third kappa shape index (κ3) is 3.87.